The average molecular weight is 445 g/mol. The SMILES string of the molecule is CCCN(CC(=O)N1CCc2sccc2[C@H]1COc1ccc(C(C)C)cc1)C[C@@H](C)O. The third-order valence-corrected chi connectivity index (χ3v) is 6.79. The van der Waals surface area contributed by atoms with Gasteiger partial charge in [0, 0.05) is 18.0 Å². The molecule has 2 heterocycles. The second-order valence-corrected chi connectivity index (χ2v) is 9.77. The lowest BCUT2D eigenvalue weighted by Gasteiger charge is -2.37. The highest BCUT2D eigenvalue weighted by Gasteiger charge is 2.32. The zero-order chi connectivity index (χ0) is 22.4. The van der Waals surface area contributed by atoms with E-state index in [0.717, 1.165) is 25.1 Å². The Balaban J connectivity index is 1.72. The fourth-order valence-corrected chi connectivity index (χ4v) is 5.13. The van der Waals surface area contributed by atoms with Crippen LogP contribution in [0.3, 0.4) is 0 Å². The van der Waals surface area contributed by atoms with Gasteiger partial charge in [0.2, 0.25) is 5.91 Å². The van der Waals surface area contributed by atoms with Crippen LogP contribution in [0, 0.1) is 0 Å². The summed E-state index contributed by atoms with van der Waals surface area (Å²) in [6.07, 6.45) is 1.40. The number of aliphatic hydroxyl groups excluding tert-OH is 1. The largest absolute Gasteiger partial charge is 0.491 e. The van der Waals surface area contributed by atoms with Gasteiger partial charge in [-0.3, -0.25) is 9.69 Å². The number of fused-ring (bicyclic) bond motifs is 1. The highest BCUT2D eigenvalue weighted by molar-refractivity contribution is 7.10. The Hall–Kier alpha value is -1.89. The molecule has 0 saturated carbocycles. The monoisotopic (exact) mass is 444 g/mol. The number of ether oxygens (including phenoxy) is 1. The smallest absolute Gasteiger partial charge is 0.237 e. The molecule has 1 N–H and O–H groups in total. The Labute approximate surface area is 190 Å². The van der Waals surface area contributed by atoms with E-state index in [0.29, 0.717) is 32.2 Å². The Bertz CT molecular complexity index is 832. The van der Waals surface area contributed by atoms with Crippen molar-refractivity contribution in [2.45, 2.75) is 58.6 Å². The van der Waals surface area contributed by atoms with Gasteiger partial charge in [0.25, 0.3) is 0 Å². The zero-order valence-electron chi connectivity index (χ0n) is 19.2. The predicted octanol–water partition coefficient (Wildman–Crippen LogP) is 4.47. The van der Waals surface area contributed by atoms with E-state index < -0.39 is 6.10 Å². The quantitative estimate of drug-likeness (QED) is 0.587. The molecule has 2 atom stereocenters. The van der Waals surface area contributed by atoms with E-state index in [1.54, 1.807) is 18.3 Å². The lowest BCUT2D eigenvalue weighted by Crippen LogP contribution is -2.47. The molecule has 0 fully saturated rings. The lowest BCUT2D eigenvalue weighted by molar-refractivity contribution is -0.136. The van der Waals surface area contributed by atoms with E-state index in [9.17, 15) is 9.90 Å². The minimum Gasteiger partial charge on any atom is -0.491 e. The van der Waals surface area contributed by atoms with E-state index in [4.69, 9.17) is 4.74 Å². The van der Waals surface area contributed by atoms with Crippen molar-refractivity contribution in [1.82, 2.24) is 9.80 Å². The van der Waals surface area contributed by atoms with Gasteiger partial charge >= 0.3 is 0 Å². The van der Waals surface area contributed by atoms with Crippen LogP contribution in [-0.2, 0) is 11.2 Å². The molecule has 1 aliphatic rings. The molecule has 2 aromatic rings. The van der Waals surface area contributed by atoms with Gasteiger partial charge in [-0.2, -0.15) is 0 Å². The van der Waals surface area contributed by atoms with Gasteiger partial charge in [-0.1, -0.05) is 32.9 Å². The summed E-state index contributed by atoms with van der Waals surface area (Å²) in [7, 11) is 0. The highest BCUT2D eigenvalue weighted by atomic mass is 32.1. The second kappa shape index (κ2) is 11.1. The fourth-order valence-electron chi connectivity index (χ4n) is 4.21. The molecule has 6 heteroatoms. The zero-order valence-corrected chi connectivity index (χ0v) is 20.0. The first-order valence-corrected chi connectivity index (χ1v) is 12.3. The first-order chi connectivity index (χ1) is 14.9. The van der Waals surface area contributed by atoms with Crippen molar-refractivity contribution < 1.29 is 14.6 Å². The normalized spacial score (nSPS) is 17.1. The summed E-state index contributed by atoms with van der Waals surface area (Å²) in [6, 6.07) is 10.3. The van der Waals surface area contributed by atoms with Crippen LogP contribution in [0.4, 0.5) is 0 Å². The number of carbonyl (C=O) groups excluding carboxylic acids is 1. The standard InChI is InChI=1S/C25H36N2O3S/c1-5-12-26(15-19(4)28)16-25(29)27-13-10-24-22(11-14-31-24)23(27)17-30-21-8-6-20(7-9-21)18(2)3/h6-9,11,14,18-19,23,28H,5,10,12-13,15-17H2,1-4H3/t19-,23-/m1/s1. The minimum absolute atomic E-state index is 0.0812. The van der Waals surface area contributed by atoms with E-state index >= 15 is 0 Å². The molecule has 0 saturated heterocycles. The number of carbonyl (C=O) groups is 1. The number of hydrogen-bond acceptors (Lipinski definition) is 5. The van der Waals surface area contributed by atoms with Crippen molar-refractivity contribution in [3.63, 3.8) is 0 Å². The van der Waals surface area contributed by atoms with Gasteiger partial charge in [0.1, 0.15) is 12.4 Å². The van der Waals surface area contributed by atoms with E-state index in [2.05, 4.69) is 49.3 Å². The summed E-state index contributed by atoms with van der Waals surface area (Å²) in [5.41, 5.74) is 2.50. The third-order valence-electron chi connectivity index (χ3n) is 5.79. The van der Waals surface area contributed by atoms with Gasteiger partial charge < -0.3 is 14.7 Å². The Kier molecular flexibility index (Phi) is 8.52. The number of nitrogens with zero attached hydrogens (tertiary/aromatic N) is 2. The molecule has 0 aliphatic carbocycles. The molecular weight excluding hydrogens is 408 g/mol. The summed E-state index contributed by atoms with van der Waals surface area (Å²) in [4.78, 5) is 18.7. The molecule has 0 bridgehead atoms. The van der Waals surface area contributed by atoms with Crippen molar-refractivity contribution >= 4 is 17.2 Å². The minimum atomic E-state index is -0.447. The van der Waals surface area contributed by atoms with Crippen LogP contribution in [-0.4, -0.2) is 59.7 Å². The van der Waals surface area contributed by atoms with Crippen molar-refractivity contribution in [3.8, 4) is 5.75 Å². The Morgan fingerprint density at radius 2 is 2.00 bits per heavy atom. The van der Waals surface area contributed by atoms with Crippen LogP contribution in [0.25, 0.3) is 0 Å². The molecule has 0 unspecified atom stereocenters. The molecule has 1 amide bonds. The average Bonchev–Trinajstić information content (AvgIpc) is 3.21. The van der Waals surface area contributed by atoms with Crippen molar-refractivity contribution in [3.05, 3.63) is 51.7 Å². The molecule has 170 valence electrons. The molecule has 1 aromatic carbocycles. The van der Waals surface area contributed by atoms with Crippen LogP contribution >= 0.6 is 11.3 Å². The maximum Gasteiger partial charge on any atom is 0.237 e. The van der Waals surface area contributed by atoms with Crippen LogP contribution in [0.2, 0.25) is 0 Å². The van der Waals surface area contributed by atoms with E-state index in [-0.39, 0.29) is 11.9 Å². The predicted molar refractivity (Wildman–Crippen MR) is 127 cm³/mol. The summed E-state index contributed by atoms with van der Waals surface area (Å²) >= 11 is 1.76. The maximum absolute atomic E-state index is 13.3. The molecule has 1 aliphatic heterocycles. The van der Waals surface area contributed by atoms with Crippen LogP contribution in [0.1, 0.15) is 62.1 Å². The van der Waals surface area contributed by atoms with Gasteiger partial charge in [-0.05, 0) is 66.9 Å². The number of benzene rings is 1. The van der Waals surface area contributed by atoms with Gasteiger partial charge in [-0.25, -0.2) is 0 Å². The number of aliphatic hydroxyl groups is 1. The molecule has 3 rings (SSSR count). The van der Waals surface area contributed by atoms with Gasteiger partial charge in [0.05, 0.1) is 18.7 Å². The van der Waals surface area contributed by atoms with Gasteiger partial charge in [0.15, 0.2) is 0 Å². The first kappa shape index (κ1) is 23.8. The highest BCUT2D eigenvalue weighted by Crippen LogP contribution is 2.34. The fraction of sp³-hybridized carbons (Fsp3) is 0.560. The molecule has 1 aromatic heterocycles. The number of thiophene rings is 1. The van der Waals surface area contributed by atoms with E-state index in [1.807, 2.05) is 17.0 Å². The summed E-state index contributed by atoms with van der Waals surface area (Å²) in [5, 5.41) is 11.9. The number of amides is 1. The Morgan fingerprint density at radius 1 is 1.26 bits per heavy atom. The molecule has 0 spiro atoms. The summed E-state index contributed by atoms with van der Waals surface area (Å²) < 4.78 is 6.16. The summed E-state index contributed by atoms with van der Waals surface area (Å²) in [5.74, 6) is 1.43. The van der Waals surface area contributed by atoms with E-state index in [1.165, 1.54) is 16.0 Å². The Morgan fingerprint density at radius 3 is 2.65 bits per heavy atom. The number of hydrogen-bond donors (Lipinski definition) is 1. The molecule has 5 nitrogen and oxygen atoms in total. The third kappa shape index (κ3) is 6.31. The summed E-state index contributed by atoms with van der Waals surface area (Å²) in [6.45, 7) is 11.0. The van der Waals surface area contributed by atoms with Crippen molar-refractivity contribution in [1.29, 1.82) is 0 Å². The van der Waals surface area contributed by atoms with Crippen molar-refractivity contribution in [2.24, 2.45) is 0 Å². The molecular formula is C25H36N2O3S. The second-order valence-electron chi connectivity index (χ2n) is 8.77. The van der Waals surface area contributed by atoms with Crippen molar-refractivity contribution in [2.75, 3.05) is 32.8 Å². The molecule has 0 radical (unpaired) electrons. The van der Waals surface area contributed by atoms with Crippen LogP contribution < -0.4 is 4.74 Å². The first-order valence-electron chi connectivity index (χ1n) is 11.4. The molecule has 31 heavy (non-hydrogen) atoms. The topological polar surface area (TPSA) is 53.0 Å². The van der Waals surface area contributed by atoms with Gasteiger partial charge in [-0.15, -0.1) is 11.3 Å². The van der Waals surface area contributed by atoms with Crippen LogP contribution in [0.5, 0.6) is 5.75 Å². The lowest BCUT2D eigenvalue weighted by atomic mass is 10.00. The van der Waals surface area contributed by atoms with Crippen LogP contribution in [0.15, 0.2) is 35.7 Å². The number of rotatable bonds is 10. The maximum atomic E-state index is 13.3.